The van der Waals surface area contributed by atoms with Crippen LogP contribution in [0.4, 0.5) is 11.5 Å². The summed E-state index contributed by atoms with van der Waals surface area (Å²) in [5, 5.41) is 3.52. The van der Waals surface area contributed by atoms with Crippen LogP contribution >= 0.6 is 11.8 Å². The Morgan fingerprint density at radius 1 is 1.08 bits per heavy atom. The Bertz CT molecular complexity index is 973. The minimum absolute atomic E-state index is 0.0304. The topological polar surface area (TPSA) is 45.2 Å². The van der Waals surface area contributed by atoms with E-state index in [0.717, 1.165) is 16.8 Å². The zero-order valence-corrected chi connectivity index (χ0v) is 15.5. The van der Waals surface area contributed by atoms with Crippen LogP contribution < -0.4 is 10.2 Å². The Balaban J connectivity index is 1.78. The van der Waals surface area contributed by atoms with Crippen LogP contribution in [0, 0.1) is 6.92 Å². The molecular formula is C21H19N3OS. The maximum atomic E-state index is 13.1. The number of rotatable bonds is 4. The van der Waals surface area contributed by atoms with Crippen LogP contribution in [0.3, 0.4) is 0 Å². The molecule has 0 saturated heterocycles. The van der Waals surface area contributed by atoms with Crippen molar-refractivity contribution in [2.75, 3.05) is 16.5 Å². The van der Waals surface area contributed by atoms with Crippen molar-refractivity contribution in [2.45, 2.75) is 18.0 Å². The molecule has 0 saturated carbocycles. The van der Waals surface area contributed by atoms with Gasteiger partial charge in [-0.05, 0) is 55.1 Å². The van der Waals surface area contributed by atoms with E-state index in [1.54, 1.807) is 22.9 Å². The molecule has 4 nitrogen and oxygen atoms in total. The minimum atomic E-state index is -0.287. The summed E-state index contributed by atoms with van der Waals surface area (Å²) in [6, 6.07) is 19.8. The predicted octanol–water partition coefficient (Wildman–Crippen LogP) is 4.88. The number of anilines is 2. The van der Waals surface area contributed by atoms with Crippen molar-refractivity contribution in [3.8, 4) is 0 Å². The van der Waals surface area contributed by atoms with E-state index in [0.29, 0.717) is 11.4 Å². The maximum Gasteiger partial charge on any atom is 0.261 e. The van der Waals surface area contributed by atoms with E-state index in [9.17, 15) is 4.79 Å². The van der Waals surface area contributed by atoms with E-state index in [1.165, 1.54) is 4.90 Å². The lowest BCUT2D eigenvalue weighted by atomic mass is 10.1. The fourth-order valence-corrected chi connectivity index (χ4v) is 3.68. The molecule has 2 heterocycles. The number of aryl methyl sites for hydroxylation is 1. The first kappa shape index (κ1) is 16.7. The standard InChI is InChI=1S/C21H19N3OS/c1-14-10-11-22-19(12-14)24-20(17-8-3-4-9-18(17)21(24)25)23-15-6-5-7-16(13-15)26-2/h3-13,20,23H,1-2H3/t20-/m1/s1. The Morgan fingerprint density at radius 3 is 2.73 bits per heavy atom. The zero-order chi connectivity index (χ0) is 18.1. The third-order valence-electron chi connectivity index (χ3n) is 4.48. The number of hydrogen-bond donors (Lipinski definition) is 1. The van der Waals surface area contributed by atoms with E-state index < -0.39 is 0 Å². The number of carbonyl (C=O) groups is 1. The fraction of sp³-hybridized carbons (Fsp3) is 0.143. The summed E-state index contributed by atoms with van der Waals surface area (Å²) in [6.07, 6.45) is 3.51. The van der Waals surface area contributed by atoms with Crippen molar-refractivity contribution in [2.24, 2.45) is 0 Å². The van der Waals surface area contributed by atoms with Gasteiger partial charge in [-0.3, -0.25) is 9.69 Å². The highest BCUT2D eigenvalue weighted by atomic mass is 32.2. The van der Waals surface area contributed by atoms with Gasteiger partial charge in [0.1, 0.15) is 12.0 Å². The molecule has 1 N–H and O–H groups in total. The smallest absolute Gasteiger partial charge is 0.261 e. The largest absolute Gasteiger partial charge is 0.361 e. The first-order valence-corrected chi connectivity index (χ1v) is 9.65. The molecule has 2 aromatic carbocycles. The molecule has 0 unspecified atom stereocenters. The summed E-state index contributed by atoms with van der Waals surface area (Å²) in [5.74, 6) is 0.627. The van der Waals surface area contributed by atoms with Crippen molar-refractivity contribution in [1.82, 2.24) is 4.98 Å². The number of benzene rings is 2. The SMILES string of the molecule is CSc1cccc(N[C@H]2c3ccccc3C(=O)N2c2cc(C)ccn2)c1. The van der Waals surface area contributed by atoms with Crippen LogP contribution in [-0.2, 0) is 0 Å². The van der Waals surface area contributed by atoms with Gasteiger partial charge in [0.15, 0.2) is 0 Å². The first-order valence-electron chi connectivity index (χ1n) is 8.43. The van der Waals surface area contributed by atoms with E-state index in [2.05, 4.69) is 28.7 Å². The number of aromatic nitrogens is 1. The van der Waals surface area contributed by atoms with Crippen LogP contribution in [-0.4, -0.2) is 17.1 Å². The van der Waals surface area contributed by atoms with Crippen molar-refractivity contribution in [3.63, 3.8) is 0 Å². The number of thioether (sulfide) groups is 1. The number of amides is 1. The van der Waals surface area contributed by atoms with Crippen LogP contribution in [0.25, 0.3) is 0 Å². The normalized spacial score (nSPS) is 15.8. The number of fused-ring (bicyclic) bond motifs is 1. The number of pyridine rings is 1. The highest BCUT2D eigenvalue weighted by Gasteiger charge is 2.38. The molecule has 3 aromatic rings. The number of nitrogens with one attached hydrogen (secondary N) is 1. The van der Waals surface area contributed by atoms with Gasteiger partial charge >= 0.3 is 0 Å². The van der Waals surface area contributed by atoms with Gasteiger partial charge in [-0.15, -0.1) is 11.8 Å². The van der Waals surface area contributed by atoms with Crippen LogP contribution in [0.1, 0.15) is 27.7 Å². The van der Waals surface area contributed by atoms with E-state index >= 15 is 0 Å². The second-order valence-corrected chi connectivity index (χ2v) is 7.11. The van der Waals surface area contributed by atoms with Crippen molar-refractivity contribution in [1.29, 1.82) is 0 Å². The highest BCUT2D eigenvalue weighted by Crippen LogP contribution is 2.37. The molecule has 5 heteroatoms. The molecule has 130 valence electrons. The van der Waals surface area contributed by atoms with Crippen molar-refractivity contribution < 1.29 is 4.79 Å². The number of hydrogen-bond acceptors (Lipinski definition) is 4. The molecule has 0 aliphatic carbocycles. The van der Waals surface area contributed by atoms with Crippen molar-refractivity contribution in [3.05, 3.63) is 83.6 Å². The quantitative estimate of drug-likeness (QED) is 0.673. The fourth-order valence-electron chi connectivity index (χ4n) is 3.22. The Kier molecular flexibility index (Phi) is 4.39. The van der Waals surface area contributed by atoms with Gasteiger partial charge in [-0.25, -0.2) is 4.98 Å². The molecule has 0 radical (unpaired) electrons. The first-order chi connectivity index (χ1) is 12.7. The van der Waals surface area contributed by atoms with Crippen LogP contribution in [0.2, 0.25) is 0 Å². The predicted molar refractivity (Wildman–Crippen MR) is 107 cm³/mol. The second-order valence-electron chi connectivity index (χ2n) is 6.23. The monoisotopic (exact) mass is 361 g/mol. The number of carbonyl (C=O) groups excluding carboxylic acids is 1. The summed E-state index contributed by atoms with van der Waals surface area (Å²) in [6.45, 7) is 2.00. The average Bonchev–Trinajstić information content (AvgIpc) is 2.94. The van der Waals surface area contributed by atoms with Gasteiger partial charge < -0.3 is 5.32 Å². The molecule has 26 heavy (non-hydrogen) atoms. The van der Waals surface area contributed by atoms with Gasteiger partial charge in [-0.1, -0.05) is 24.3 Å². The number of nitrogens with zero attached hydrogens (tertiary/aromatic N) is 2. The molecule has 4 rings (SSSR count). The molecule has 0 spiro atoms. The third-order valence-corrected chi connectivity index (χ3v) is 5.21. The second kappa shape index (κ2) is 6.84. The molecule has 0 bridgehead atoms. The van der Waals surface area contributed by atoms with E-state index in [-0.39, 0.29) is 12.1 Å². The van der Waals surface area contributed by atoms with E-state index in [1.807, 2.05) is 55.5 Å². The molecule has 1 aliphatic heterocycles. The molecule has 1 amide bonds. The zero-order valence-electron chi connectivity index (χ0n) is 14.6. The van der Waals surface area contributed by atoms with E-state index in [4.69, 9.17) is 0 Å². The van der Waals surface area contributed by atoms with Gasteiger partial charge in [0, 0.05) is 27.9 Å². The summed E-state index contributed by atoms with van der Waals surface area (Å²) >= 11 is 1.69. The summed E-state index contributed by atoms with van der Waals surface area (Å²) in [5.41, 5.74) is 3.73. The Morgan fingerprint density at radius 2 is 1.92 bits per heavy atom. The third kappa shape index (κ3) is 2.95. The lowest BCUT2D eigenvalue weighted by Crippen LogP contribution is -2.33. The van der Waals surface area contributed by atoms with Crippen LogP contribution in [0.5, 0.6) is 0 Å². The van der Waals surface area contributed by atoms with Gasteiger partial charge in [0.25, 0.3) is 5.91 Å². The lowest BCUT2D eigenvalue weighted by molar-refractivity contribution is 0.0992. The van der Waals surface area contributed by atoms with Gasteiger partial charge in [0.05, 0.1) is 0 Å². The maximum absolute atomic E-state index is 13.1. The van der Waals surface area contributed by atoms with Crippen LogP contribution in [0.15, 0.2) is 71.8 Å². The summed E-state index contributed by atoms with van der Waals surface area (Å²) < 4.78 is 0. The lowest BCUT2D eigenvalue weighted by Gasteiger charge is -2.26. The molecule has 0 fully saturated rings. The molecular weight excluding hydrogens is 342 g/mol. The van der Waals surface area contributed by atoms with Gasteiger partial charge in [0.2, 0.25) is 0 Å². The average molecular weight is 361 g/mol. The van der Waals surface area contributed by atoms with Gasteiger partial charge in [-0.2, -0.15) is 0 Å². The van der Waals surface area contributed by atoms with Crippen molar-refractivity contribution >= 4 is 29.2 Å². The molecule has 1 aliphatic rings. The Hall–Kier alpha value is -2.79. The minimum Gasteiger partial charge on any atom is -0.361 e. The summed E-state index contributed by atoms with van der Waals surface area (Å²) in [4.78, 5) is 20.4. The molecule has 1 atom stereocenters. The molecule has 1 aromatic heterocycles. The summed E-state index contributed by atoms with van der Waals surface area (Å²) in [7, 11) is 0. The highest BCUT2D eigenvalue weighted by molar-refractivity contribution is 7.98. The Labute approximate surface area is 157 Å².